The van der Waals surface area contributed by atoms with Crippen molar-refractivity contribution in [3.05, 3.63) is 35.9 Å². The normalized spacial score (nSPS) is 23.6. The number of hydrogen-bond donors (Lipinski definition) is 1. The number of nitrogens with zero attached hydrogens (tertiary/aromatic N) is 1. The van der Waals surface area contributed by atoms with Crippen molar-refractivity contribution in [3.8, 4) is 0 Å². The molecule has 1 unspecified atom stereocenters. The Morgan fingerprint density at radius 2 is 2.00 bits per heavy atom. The van der Waals surface area contributed by atoms with Crippen LogP contribution in [0.15, 0.2) is 30.3 Å². The van der Waals surface area contributed by atoms with Crippen LogP contribution in [0, 0.1) is 0 Å². The maximum atomic E-state index is 6.51. The number of hydrogen-bond acceptors (Lipinski definition) is 3. The van der Waals surface area contributed by atoms with Gasteiger partial charge in [0.2, 0.25) is 0 Å². The molecule has 0 bridgehead atoms. The minimum absolute atomic E-state index is 0.0632. The van der Waals surface area contributed by atoms with Gasteiger partial charge in [-0.2, -0.15) is 0 Å². The number of ether oxygens (including phenoxy) is 1. The molecule has 0 radical (unpaired) electrons. The second kappa shape index (κ2) is 5.00. The van der Waals surface area contributed by atoms with E-state index in [1.807, 2.05) is 18.2 Å². The van der Waals surface area contributed by atoms with Crippen LogP contribution in [0.4, 0.5) is 0 Å². The third-order valence-corrected chi connectivity index (χ3v) is 3.77. The summed E-state index contributed by atoms with van der Waals surface area (Å²) in [6, 6.07) is 10.3. The highest BCUT2D eigenvalue weighted by Gasteiger charge is 2.35. The van der Waals surface area contributed by atoms with E-state index in [9.17, 15) is 0 Å². The molecule has 1 heterocycles. The molecular weight excluding hydrogens is 224 g/mol. The lowest BCUT2D eigenvalue weighted by Gasteiger charge is -2.45. The first-order valence-electron chi connectivity index (χ1n) is 6.59. The molecule has 2 N–H and O–H groups in total. The van der Waals surface area contributed by atoms with Crippen LogP contribution in [0.3, 0.4) is 0 Å². The second-order valence-corrected chi connectivity index (χ2v) is 6.07. The minimum Gasteiger partial charge on any atom is -0.378 e. The number of morpholine rings is 1. The van der Waals surface area contributed by atoms with Gasteiger partial charge in [0.15, 0.2) is 0 Å². The van der Waals surface area contributed by atoms with Crippen LogP contribution < -0.4 is 5.73 Å². The van der Waals surface area contributed by atoms with Crippen molar-refractivity contribution in [3.63, 3.8) is 0 Å². The fourth-order valence-electron chi connectivity index (χ4n) is 2.49. The Morgan fingerprint density at radius 1 is 1.33 bits per heavy atom. The summed E-state index contributed by atoms with van der Waals surface area (Å²) in [5.41, 5.74) is 7.43. The zero-order chi connectivity index (χ0) is 13.2. The van der Waals surface area contributed by atoms with Crippen molar-refractivity contribution in [1.29, 1.82) is 0 Å². The fraction of sp³-hybridized carbons (Fsp3) is 0.600. The zero-order valence-electron chi connectivity index (χ0n) is 11.6. The van der Waals surface area contributed by atoms with Gasteiger partial charge in [0.1, 0.15) is 0 Å². The van der Waals surface area contributed by atoms with Crippen molar-refractivity contribution in [2.75, 3.05) is 26.3 Å². The van der Waals surface area contributed by atoms with Crippen molar-refractivity contribution >= 4 is 0 Å². The van der Waals surface area contributed by atoms with E-state index in [0.29, 0.717) is 0 Å². The Bertz CT molecular complexity index is 387. The number of rotatable bonds is 3. The summed E-state index contributed by atoms with van der Waals surface area (Å²) < 4.78 is 5.55. The van der Waals surface area contributed by atoms with Gasteiger partial charge in [-0.3, -0.25) is 4.90 Å². The predicted octanol–water partition coefficient (Wildman–Crippen LogP) is 1.97. The molecule has 18 heavy (non-hydrogen) atoms. The van der Waals surface area contributed by atoms with Crippen LogP contribution in [0.2, 0.25) is 0 Å². The highest BCUT2D eigenvalue weighted by molar-refractivity contribution is 5.23. The highest BCUT2D eigenvalue weighted by Crippen LogP contribution is 2.25. The quantitative estimate of drug-likeness (QED) is 0.889. The monoisotopic (exact) mass is 248 g/mol. The molecule has 2 rings (SSSR count). The molecule has 0 amide bonds. The van der Waals surface area contributed by atoms with E-state index in [2.05, 4.69) is 37.8 Å². The topological polar surface area (TPSA) is 38.5 Å². The number of benzene rings is 1. The van der Waals surface area contributed by atoms with E-state index in [-0.39, 0.29) is 11.1 Å². The van der Waals surface area contributed by atoms with Gasteiger partial charge in [-0.25, -0.2) is 0 Å². The largest absolute Gasteiger partial charge is 0.378 e. The van der Waals surface area contributed by atoms with E-state index in [0.717, 1.165) is 26.3 Å². The van der Waals surface area contributed by atoms with Gasteiger partial charge in [-0.15, -0.1) is 0 Å². The Kier molecular flexibility index (Phi) is 3.76. The summed E-state index contributed by atoms with van der Waals surface area (Å²) in [4.78, 5) is 2.43. The fourth-order valence-corrected chi connectivity index (χ4v) is 2.49. The Labute approximate surface area is 110 Å². The maximum Gasteiger partial charge on any atom is 0.0645 e. The molecular formula is C15H24N2O. The van der Waals surface area contributed by atoms with Crippen LogP contribution in [0.5, 0.6) is 0 Å². The van der Waals surface area contributed by atoms with Gasteiger partial charge >= 0.3 is 0 Å². The van der Waals surface area contributed by atoms with Crippen molar-refractivity contribution < 1.29 is 4.74 Å². The lowest BCUT2D eigenvalue weighted by atomic mass is 9.90. The predicted molar refractivity (Wildman–Crippen MR) is 74.5 cm³/mol. The lowest BCUT2D eigenvalue weighted by Crippen LogP contribution is -2.58. The Hall–Kier alpha value is -0.900. The lowest BCUT2D eigenvalue weighted by molar-refractivity contribution is -0.0589. The first-order valence-corrected chi connectivity index (χ1v) is 6.59. The van der Waals surface area contributed by atoms with Crippen LogP contribution in [0.1, 0.15) is 26.3 Å². The summed E-state index contributed by atoms with van der Waals surface area (Å²) in [5, 5.41) is 0. The molecule has 1 aliphatic rings. The second-order valence-electron chi connectivity index (χ2n) is 6.07. The van der Waals surface area contributed by atoms with Crippen molar-refractivity contribution in [2.24, 2.45) is 5.73 Å². The molecule has 0 spiro atoms. The van der Waals surface area contributed by atoms with E-state index in [1.54, 1.807) is 0 Å². The molecule has 3 heteroatoms. The van der Waals surface area contributed by atoms with Gasteiger partial charge in [0.25, 0.3) is 0 Å². The van der Waals surface area contributed by atoms with E-state index in [4.69, 9.17) is 10.5 Å². The SMILES string of the molecule is CC(N)(CN1CCOCC1(C)C)c1ccccc1. The molecule has 1 atom stereocenters. The van der Waals surface area contributed by atoms with Crippen molar-refractivity contribution in [2.45, 2.75) is 31.8 Å². The molecule has 0 aromatic heterocycles. The van der Waals surface area contributed by atoms with Crippen LogP contribution in [-0.4, -0.2) is 36.7 Å². The molecule has 3 nitrogen and oxygen atoms in total. The maximum absolute atomic E-state index is 6.51. The number of nitrogens with two attached hydrogens (primary N) is 1. The van der Waals surface area contributed by atoms with E-state index in [1.165, 1.54) is 5.56 Å². The summed E-state index contributed by atoms with van der Waals surface area (Å²) in [6.45, 7) is 9.92. The average Bonchev–Trinajstić information content (AvgIpc) is 2.33. The molecule has 0 saturated carbocycles. The van der Waals surface area contributed by atoms with Gasteiger partial charge in [-0.05, 0) is 26.3 Å². The first-order chi connectivity index (χ1) is 8.42. The Morgan fingerprint density at radius 3 is 2.61 bits per heavy atom. The third-order valence-electron chi connectivity index (χ3n) is 3.77. The van der Waals surface area contributed by atoms with Crippen LogP contribution in [-0.2, 0) is 10.3 Å². The molecule has 1 aromatic rings. The summed E-state index contributed by atoms with van der Waals surface area (Å²) in [6.07, 6.45) is 0. The summed E-state index contributed by atoms with van der Waals surface area (Å²) in [5.74, 6) is 0. The third kappa shape index (κ3) is 2.91. The summed E-state index contributed by atoms with van der Waals surface area (Å²) >= 11 is 0. The van der Waals surface area contributed by atoms with Crippen LogP contribution in [0.25, 0.3) is 0 Å². The summed E-state index contributed by atoms with van der Waals surface area (Å²) in [7, 11) is 0. The smallest absolute Gasteiger partial charge is 0.0645 e. The van der Waals surface area contributed by atoms with E-state index >= 15 is 0 Å². The first kappa shape index (κ1) is 13.5. The molecule has 1 fully saturated rings. The average molecular weight is 248 g/mol. The van der Waals surface area contributed by atoms with Gasteiger partial charge in [0, 0.05) is 18.6 Å². The molecule has 1 aromatic carbocycles. The Balaban J connectivity index is 2.12. The molecule has 1 saturated heterocycles. The highest BCUT2D eigenvalue weighted by atomic mass is 16.5. The molecule has 0 aliphatic carbocycles. The van der Waals surface area contributed by atoms with E-state index < -0.39 is 0 Å². The standard InChI is InChI=1S/C15H24N2O/c1-14(2)12-18-10-9-17(14)11-15(3,16)13-7-5-4-6-8-13/h4-8H,9-12,16H2,1-3H3. The van der Waals surface area contributed by atoms with Gasteiger partial charge < -0.3 is 10.5 Å². The molecule has 100 valence electrons. The zero-order valence-corrected chi connectivity index (χ0v) is 11.6. The van der Waals surface area contributed by atoms with Crippen LogP contribution >= 0.6 is 0 Å². The van der Waals surface area contributed by atoms with Gasteiger partial charge in [0.05, 0.1) is 18.8 Å². The van der Waals surface area contributed by atoms with Crippen molar-refractivity contribution in [1.82, 2.24) is 4.90 Å². The minimum atomic E-state index is -0.324. The molecule has 1 aliphatic heterocycles. The van der Waals surface area contributed by atoms with Gasteiger partial charge in [-0.1, -0.05) is 30.3 Å².